The van der Waals surface area contributed by atoms with Crippen molar-refractivity contribution in [3.63, 3.8) is 0 Å². The van der Waals surface area contributed by atoms with Crippen molar-refractivity contribution in [2.24, 2.45) is 10.7 Å². The molecule has 3 aliphatic rings. The van der Waals surface area contributed by atoms with Gasteiger partial charge in [-0.05, 0) is 49.2 Å². The number of carbonyl (C=O) groups is 1. The zero-order valence-electron chi connectivity index (χ0n) is 15.9. The quantitative estimate of drug-likeness (QED) is 0.828. The molecular weight excluding hydrogens is 374 g/mol. The normalized spacial score (nSPS) is 24.2. The summed E-state index contributed by atoms with van der Waals surface area (Å²) in [6.45, 7) is 0.849. The molecule has 0 radical (unpaired) electrons. The second-order valence-corrected chi connectivity index (χ2v) is 7.26. The largest absolute Gasteiger partial charge is 0.497 e. The van der Waals surface area contributed by atoms with Crippen molar-refractivity contribution in [1.82, 2.24) is 0 Å². The van der Waals surface area contributed by atoms with Gasteiger partial charge in [-0.25, -0.2) is 4.99 Å². The summed E-state index contributed by atoms with van der Waals surface area (Å²) in [6, 6.07) is 11.1. The standard InChI is InChI=1S/C21H21N3O5/c1-26-13-5-7-17-15(10-13)21(11-28-20(22)24-21)14-9-12(4-6-16(14)29-17)23-19(25)18-3-2-8-27-18/h4-7,9-10,18H,2-3,8,11H2,1H3,(H2,22,24)(H,23,25)/t18?,21-/m0/s1. The number of nitrogens with one attached hydrogen (secondary N) is 1. The van der Waals surface area contributed by atoms with E-state index in [1.807, 2.05) is 30.3 Å². The molecule has 2 atom stereocenters. The molecule has 3 heterocycles. The van der Waals surface area contributed by atoms with Crippen LogP contribution in [-0.2, 0) is 19.8 Å². The minimum Gasteiger partial charge on any atom is -0.497 e. The number of fused-ring (bicyclic) bond motifs is 4. The van der Waals surface area contributed by atoms with E-state index in [1.54, 1.807) is 13.2 Å². The van der Waals surface area contributed by atoms with Gasteiger partial charge in [-0.1, -0.05) is 0 Å². The number of benzene rings is 2. The Morgan fingerprint density at radius 3 is 2.72 bits per heavy atom. The SMILES string of the molecule is COc1ccc2c(c1)[C@]1(COC(N)=N1)c1cc(NC(=O)C3CCCO3)ccc1O2. The van der Waals surface area contributed by atoms with Gasteiger partial charge in [0.1, 0.15) is 30.0 Å². The summed E-state index contributed by atoms with van der Waals surface area (Å²) >= 11 is 0. The first-order valence-corrected chi connectivity index (χ1v) is 9.50. The van der Waals surface area contributed by atoms with Gasteiger partial charge in [0, 0.05) is 23.4 Å². The molecule has 1 amide bonds. The topological polar surface area (TPSA) is 104 Å². The van der Waals surface area contributed by atoms with Crippen molar-refractivity contribution < 1.29 is 23.7 Å². The van der Waals surface area contributed by atoms with Gasteiger partial charge in [0.2, 0.25) is 0 Å². The number of hydrogen-bond acceptors (Lipinski definition) is 7. The van der Waals surface area contributed by atoms with Crippen molar-refractivity contribution in [3.05, 3.63) is 47.5 Å². The monoisotopic (exact) mass is 395 g/mol. The average molecular weight is 395 g/mol. The van der Waals surface area contributed by atoms with Crippen LogP contribution in [0, 0.1) is 0 Å². The molecule has 0 aliphatic carbocycles. The zero-order valence-corrected chi connectivity index (χ0v) is 15.9. The Kier molecular flexibility index (Phi) is 4.09. The molecule has 1 unspecified atom stereocenters. The fraction of sp³-hybridized carbons (Fsp3) is 0.333. The van der Waals surface area contributed by atoms with Gasteiger partial charge in [0.05, 0.1) is 7.11 Å². The van der Waals surface area contributed by atoms with Gasteiger partial charge in [0.25, 0.3) is 11.9 Å². The average Bonchev–Trinajstić information content (AvgIpc) is 3.40. The molecule has 0 saturated carbocycles. The molecule has 1 fully saturated rings. The first-order valence-electron chi connectivity index (χ1n) is 9.50. The number of methoxy groups -OCH3 is 1. The van der Waals surface area contributed by atoms with Crippen molar-refractivity contribution in [2.75, 3.05) is 25.6 Å². The lowest BCUT2D eigenvalue weighted by molar-refractivity contribution is -0.124. The molecule has 29 heavy (non-hydrogen) atoms. The number of ether oxygens (including phenoxy) is 4. The minimum atomic E-state index is -0.869. The number of anilines is 1. The minimum absolute atomic E-state index is 0.111. The molecule has 1 saturated heterocycles. The molecule has 3 N–H and O–H groups in total. The van der Waals surface area contributed by atoms with Gasteiger partial charge in [0.15, 0.2) is 5.54 Å². The first-order chi connectivity index (χ1) is 14.1. The van der Waals surface area contributed by atoms with E-state index in [4.69, 9.17) is 24.7 Å². The van der Waals surface area contributed by atoms with E-state index in [0.717, 1.165) is 24.0 Å². The Hall–Kier alpha value is -3.26. The molecule has 5 rings (SSSR count). The molecule has 2 aromatic rings. The van der Waals surface area contributed by atoms with Crippen molar-refractivity contribution in [1.29, 1.82) is 0 Å². The number of rotatable bonds is 3. The summed E-state index contributed by atoms with van der Waals surface area (Å²) in [5.74, 6) is 1.83. The van der Waals surface area contributed by atoms with E-state index in [-0.39, 0.29) is 18.5 Å². The van der Waals surface area contributed by atoms with E-state index in [2.05, 4.69) is 10.3 Å². The van der Waals surface area contributed by atoms with Gasteiger partial charge in [-0.3, -0.25) is 4.79 Å². The molecule has 3 aliphatic heterocycles. The fourth-order valence-electron chi connectivity index (χ4n) is 4.05. The summed E-state index contributed by atoms with van der Waals surface area (Å²) in [7, 11) is 1.60. The Morgan fingerprint density at radius 1 is 1.24 bits per heavy atom. The third kappa shape index (κ3) is 2.87. The fourth-order valence-corrected chi connectivity index (χ4v) is 4.05. The van der Waals surface area contributed by atoms with Gasteiger partial charge < -0.3 is 30.0 Å². The van der Waals surface area contributed by atoms with Crippen LogP contribution in [0.2, 0.25) is 0 Å². The molecule has 0 bridgehead atoms. The highest BCUT2D eigenvalue weighted by atomic mass is 16.5. The summed E-state index contributed by atoms with van der Waals surface area (Å²) in [4.78, 5) is 17.1. The molecule has 1 spiro atoms. The van der Waals surface area contributed by atoms with E-state index in [9.17, 15) is 4.79 Å². The van der Waals surface area contributed by atoms with Crippen molar-refractivity contribution in [2.45, 2.75) is 24.5 Å². The number of amidine groups is 1. The lowest BCUT2D eigenvalue weighted by Crippen LogP contribution is -2.31. The summed E-state index contributed by atoms with van der Waals surface area (Å²) in [5.41, 5.74) is 7.23. The maximum Gasteiger partial charge on any atom is 0.283 e. The lowest BCUT2D eigenvalue weighted by Gasteiger charge is -2.33. The summed E-state index contributed by atoms with van der Waals surface area (Å²) in [5, 5.41) is 2.93. The number of amides is 1. The highest BCUT2D eigenvalue weighted by molar-refractivity contribution is 5.94. The van der Waals surface area contributed by atoms with Crippen molar-refractivity contribution >= 4 is 17.6 Å². The Labute approximate surface area is 167 Å². The Morgan fingerprint density at radius 2 is 2.03 bits per heavy atom. The molecule has 8 heteroatoms. The Balaban J connectivity index is 1.57. The smallest absolute Gasteiger partial charge is 0.283 e. The second kappa shape index (κ2) is 6.66. The van der Waals surface area contributed by atoms with Gasteiger partial charge >= 0.3 is 0 Å². The molecular formula is C21H21N3O5. The zero-order chi connectivity index (χ0) is 20.0. The molecule has 150 valence electrons. The predicted octanol–water partition coefficient (Wildman–Crippen LogP) is 2.51. The van der Waals surface area contributed by atoms with E-state index in [0.29, 0.717) is 29.5 Å². The van der Waals surface area contributed by atoms with Crippen LogP contribution in [0.1, 0.15) is 24.0 Å². The van der Waals surface area contributed by atoms with Crippen LogP contribution in [0.4, 0.5) is 5.69 Å². The molecule has 2 aromatic carbocycles. The van der Waals surface area contributed by atoms with Crippen LogP contribution in [0.5, 0.6) is 17.2 Å². The van der Waals surface area contributed by atoms with Crippen LogP contribution >= 0.6 is 0 Å². The van der Waals surface area contributed by atoms with E-state index < -0.39 is 11.6 Å². The number of nitrogens with zero attached hydrogens (tertiary/aromatic N) is 1. The Bertz CT molecular complexity index is 1020. The lowest BCUT2D eigenvalue weighted by atomic mass is 9.81. The maximum atomic E-state index is 12.5. The third-order valence-corrected chi connectivity index (χ3v) is 5.50. The number of nitrogens with two attached hydrogens (primary N) is 1. The van der Waals surface area contributed by atoms with Crippen LogP contribution in [0.25, 0.3) is 0 Å². The van der Waals surface area contributed by atoms with Crippen LogP contribution in [0.3, 0.4) is 0 Å². The van der Waals surface area contributed by atoms with Gasteiger partial charge in [-0.15, -0.1) is 0 Å². The number of hydrogen-bond donors (Lipinski definition) is 2. The summed E-state index contributed by atoms with van der Waals surface area (Å²) < 4.78 is 22.5. The number of aliphatic imine (C=N–C) groups is 1. The maximum absolute atomic E-state index is 12.5. The highest BCUT2D eigenvalue weighted by Gasteiger charge is 2.47. The summed E-state index contributed by atoms with van der Waals surface area (Å²) in [6.07, 6.45) is 1.21. The van der Waals surface area contributed by atoms with E-state index >= 15 is 0 Å². The van der Waals surface area contributed by atoms with Crippen molar-refractivity contribution in [3.8, 4) is 17.2 Å². The third-order valence-electron chi connectivity index (χ3n) is 5.50. The molecule has 0 aromatic heterocycles. The molecule has 8 nitrogen and oxygen atoms in total. The van der Waals surface area contributed by atoms with Crippen LogP contribution in [0.15, 0.2) is 41.4 Å². The first kappa shape index (κ1) is 17.8. The second-order valence-electron chi connectivity index (χ2n) is 7.26. The predicted molar refractivity (Wildman–Crippen MR) is 105 cm³/mol. The van der Waals surface area contributed by atoms with Gasteiger partial charge in [-0.2, -0.15) is 0 Å². The van der Waals surface area contributed by atoms with Crippen LogP contribution in [-0.4, -0.2) is 38.4 Å². The van der Waals surface area contributed by atoms with E-state index in [1.165, 1.54) is 0 Å². The number of carbonyl (C=O) groups excluding carboxylic acids is 1. The van der Waals surface area contributed by atoms with Crippen LogP contribution < -0.4 is 20.5 Å². The highest BCUT2D eigenvalue weighted by Crippen LogP contribution is 2.52.